The molecule has 3 saturated heterocycles. The molecule has 0 radical (unpaired) electrons. The van der Waals surface area contributed by atoms with E-state index < -0.39 is 64.5 Å². The van der Waals surface area contributed by atoms with E-state index in [1.807, 2.05) is 9.80 Å². The van der Waals surface area contributed by atoms with Crippen molar-refractivity contribution in [2.45, 2.75) is 75.8 Å². The van der Waals surface area contributed by atoms with Crippen LogP contribution in [0.4, 0.5) is 11.9 Å². The van der Waals surface area contributed by atoms with Crippen LogP contribution in [0.2, 0.25) is 0 Å². The van der Waals surface area contributed by atoms with Gasteiger partial charge in [0.05, 0.1) is 55.3 Å². The van der Waals surface area contributed by atoms with Crippen LogP contribution in [-0.4, -0.2) is 182 Å². The van der Waals surface area contributed by atoms with Crippen LogP contribution in [0.15, 0.2) is 38.0 Å². The third kappa shape index (κ3) is 10.4. The monoisotopic (exact) mass is 973 g/mol. The van der Waals surface area contributed by atoms with Crippen LogP contribution in [-0.2, 0) is 24.0 Å². The van der Waals surface area contributed by atoms with E-state index in [1.54, 1.807) is 21.0 Å². The number of rotatable bonds is 18. The van der Waals surface area contributed by atoms with Crippen molar-refractivity contribution in [3.8, 4) is 0 Å². The second kappa shape index (κ2) is 20.4. The number of aliphatic carboxylic acids is 1. The number of hydrogen-bond acceptors (Lipinski definition) is 18. The first-order valence-electron chi connectivity index (χ1n) is 22.7. The molecule has 0 bridgehead atoms. The highest BCUT2D eigenvalue weighted by Crippen LogP contribution is 2.32. The Morgan fingerprint density at radius 2 is 1.04 bits per heavy atom. The fourth-order valence-electron chi connectivity index (χ4n) is 9.75. The lowest BCUT2D eigenvalue weighted by molar-refractivity contribution is -0.137. The van der Waals surface area contributed by atoms with Crippen LogP contribution in [0.25, 0.3) is 22.3 Å². The molecule has 70 heavy (non-hydrogen) atoms. The van der Waals surface area contributed by atoms with E-state index in [-0.39, 0.29) is 130 Å². The molecule has 0 aliphatic carbocycles. The summed E-state index contributed by atoms with van der Waals surface area (Å²) in [4.78, 5) is 145. The van der Waals surface area contributed by atoms with Crippen molar-refractivity contribution in [2.24, 2.45) is 0 Å². The Kier molecular flexibility index (Phi) is 14.2. The molecule has 12 N–H and O–H groups in total. The van der Waals surface area contributed by atoms with E-state index in [1.165, 1.54) is 30.3 Å². The molecule has 8 heterocycles. The van der Waals surface area contributed by atoms with Crippen LogP contribution < -0.4 is 55.1 Å². The van der Waals surface area contributed by atoms with Gasteiger partial charge >= 0.3 is 11.7 Å². The summed E-state index contributed by atoms with van der Waals surface area (Å²) in [5.41, 5.74) is 10.5. The van der Waals surface area contributed by atoms with Gasteiger partial charge in [-0.05, 0) is 26.2 Å². The molecular formula is C41H55N19O10. The summed E-state index contributed by atoms with van der Waals surface area (Å²) >= 11 is 0. The lowest BCUT2D eigenvalue weighted by atomic mass is 10.1. The van der Waals surface area contributed by atoms with Crippen LogP contribution in [0.3, 0.4) is 0 Å². The van der Waals surface area contributed by atoms with Gasteiger partial charge in [-0.15, -0.1) is 0 Å². The minimum absolute atomic E-state index is 0.0666. The maximum Gasteiger partial charge on any atom is 0.328 e. The Hall–Kier alpha value is -7.79. The third-order valence-electron chi connectivity index (χ3n) is 13.1. The zero-order valence-electron chi connectivity index (χ0n) is 38.3. The van der Waals surface area contributed by atoms with Gasteiger partial charge in [0.15, 0.2) is 22.3 Å². The maximum absolute atomic E-state index is 14.3. The van der Waals surface area contributed by atoms with E-state index in [2.05, 4.69) is 56.2 Å². The average Bonchev–Trinajstić information content (AvgIpc) is 4.14. The van der Waals surface area contributed by atoms with E-state index in [0.29, 0.717) is 25.1 Å². The SMILES string of the molecule is CC(=O)NCCN1C[C@@H](n2cnc3c(=O)[nH]c(N)nc32)C[C@H]1C(=O)NCCN1C[C@@H](n2cnc3c(=O)[nH]c(N)nc32)C[C@H]1C(=O)NCCN1C[C@@H](n2cc(C)c(=O)[nH]c2=O)C[C@H]1C(=O)NCCC(=O)O. The Labute approximate surface area is 395 Å². The predicted octanol–water partition coefficient (Wildman–Crippen LogP) is -4.92. The Bertz CT molecular complexity index is 3060. The molecule has 0 aromatic carbocycles. The van der Waals surface area contributed by atoms with Gasteiger partial charge in [0, 0.05) is 84.1 Å². The first-order valence-corrected chi connectivity index (χ1v) is 22.7. The molecule has 374 valence electrons. The zero-order chi connectivity index (χ0) is 50.0. The largest absolute Gasteiger partial charge is 0.481 e. The minimum atomic E-state index is -1.09. The molecule has 3 fully saturated rings. The lowest BCUT2D eigenvalue weighted by Crippen LogP contribution is -2.50. The highest BCUT2D eigenvalue weighted by Gasteiger charge is 2.42. The van der Waals surface area contributed by atoms with Crippen LogP contribution >= 0.6 is 0 Å². The van der Waals surface area contributed by atoms with Crippen molar-refractivity contribution in [1.29, 1.82) is 0 Å². The molecule has 29 heteroatoms. The first kappa shape index (κ1) is 48.7. The quantitative estimate of drug-likeness (QED) is 0.0393. The van der Waals surface area contributed by atoms with Gasteiger partial charge < -0.3 is 47.0 Å². The van der Waals surface area contributed by atoms with Gasteiger partial charge in [0.25, 0.3) is 16.7 Å². The molecule has 8 rings (SSSR count). The number of nitrogens with two attached hydrogens (primary N) is 2. The topological polar surface area (TPSA) is 397 Å². The summed E-state index contributed by atoms with van der Waals surface area (Å²) in [6.07, 6.45) is 4.82. The summed E-state index contributed by atoms with van der Waals surface area (Å²) in [6, 6.07) is -3.48. The second-order valence-electron chi connectivity index (χ2n) is 17.7. The highest BCUT2D eigenvalue weighted by molar-refractivity contribution is 5.84. The number of aromatic amines is 3. The van der Waals surface area contributed by atoms with E-state index >= 15 is 0 Å². The number of carboxylic acids is 1. The number of carbonyl (C=O) groups is 5. The predicted molar refractivity (Wildman–Crippen MR) is 248 cm³/mol. The third-order valence-corrected chi connectivity index (χ3v) is 13.1. The number of fused-ring (bicyclic) bond motifs is 2. The summed E-state index contributed by atoms with van der Waals surface area (Å²) in [5, 5.41) is 20.6. The summed E-state index contributed by atoms with van der Waals surface area (Å²) in [6.45, 7) is 4.87. The van der Waals surface area contributed by atoms with E-state index in [9.17, 15) is 43.2 Å². The molecule has 3 aliphatic heterocycles. The molecule has 0 unspecified atom stereocenters. The molecule has 6 atom stereocenters. The summed E-state index contributed by atoms with van der Waals surface area (Å²) in [5.74, 6) is -2.62. The molecule has 5 aromatic heterocycles. The molecule has 5 aromatic rings. The van der Waals surface area contributed by atoms with Gasteiger partial charge in [-0.1, -0.05) is 0 Å². The Morgan fingerprint density at radius 1 is 0.629 bits per heavy atom. The number of imidazole rings is 2. The van der Waals surface area contributed by atoms with Crippen LogP contribution in [0.5, 0.6) is 0 Å². The van der Waals surface area contributed by atoms with Crippen molar-refractivity contribution in [2.75, 3.05) is 76.9 Å². The number of amides is 4. The maximum atomic E-state index is 14.3. The number of H-pyrrole nitrogens is 3. The molecule has 4 amide bonds. The number of anilines is 2. The van der Waals surface area contributed by atoms with Gasteiger partial charge in [-0.2, -0.15) is 9.97 Å². The Balaban J connectivity index is 0.966. The standard InChI is InChI=1S/C41H55N19O10/c1-20-14-58(41(70)54-33(20)64)22-11-25(34(65)45-4-3-28(62)63)56(15-22)9-6-46-36(67)27-13-24(60-19-49-30-32(60)51-40(43)53-38(30)69)17-57(27)10-7-47-35(66)26-12-23(16-55(26)8-5-44-21(2)61)59-18-48-29-31(59)50-39(42)52-37(29)68/h14,18-19,22-27H,3-13,15-17H2,1-2H3,(H,44,61)(H,45,65)(H,46,67)(H,47,66)(H,62,63)(H,54,64,70)(H3,42,50,52,68)(H3,43,51,53,69)/t22-,23-,24-,25-,26-,27-/m0/s1. The highest BCUT2D eigenvalue weighted by atomic mass is 16.4. The van der Waals surface area contributed by atoms with Crippen molar-refractivity contribution >= 4 is 63.8 Å². The number of nitrogens with zero attached hydrogens (tertiary/aromatic N) is 10. The number of likely N-dealkylation sites (tertiary alicyclic amines) is 3. The van der Waals surface area contributed by atoms with Crippen LogP contribution in [0, 0.1) is 6.92 Å². The van der Waals surface area contributed by atoms with Gasteiger partial charge in [0.2, 0.25) is 35.5 Å². The smallest absolute Gasteiger partial charge is 0.328 e. The minimum Gasteiger partial charge on any atom is -0.481 e. The average molecular weight is 974 g/mol. The normalized spacial score (nSPS) is 21.9. The number of aryl methyl sites for hydroxylation is 1. The summed E-state index contributed by atoms with van der Waals surface area (Å²) < 4.78 is 4.78. The van der Waals surface area contributed by atoms with Crippen molar-refractivity contribution in [3.63, 3.8) is 0 Å². The molecule has 0 spiro atoms. The number of hydrogen-bond donors (Lipinski definition) is 10. The lowest BCUT2D eigenvalue weighted by Gasteiger charge is -2.26. The Morgan fingerprint density at radius 3 is 1.47 bits per heavy atom. The number of nitrogens with one attached hydrogen (secondary N) is 7. The summed E-state index contributed by atoms with van der Waals surface area (Å²) in [7, 11) is 0. The molecule has 0 saturated carbocycles. The van der Waals surface area contributed by atoms with Gasteiger partial charge in [-0.3, -0.25) is 72.6 Å². The van der Waals surface area contributed by atoms with E-state index in [4.69, 9.17) is 16.6 Å². The fraction of sp³-hybridized carbons (Fsp3) is 0.537. The molecular weight excluding hydrogens is 919 g/mol. The van der Waals surface area contributed by atoms with Gasteiger partial charge in [0.1, 0.15) is 0 Å². The van der Waals surface area contributed by atoms with Crippen molar-refractivity contribution < 1.29 is 29.1 Å². The van der Waals surface area contributed by atoms with E-state index in [0.717, 1.165) is 0 Å². The van der Waals surface area contributed by atoms with Gasteiger partial charge in [-0.25, -0.2) is 14.8 Å². The zero-order valence-corrected chi connectivity index (χ0v) is 38.3. The van der Waals surface area contributed by atoms with Crippen molar-refractivity contribution in [1.82, 2.24) is 84.6 Å². The number of aromatic nitrogens is 10. The molecule has 29 nitrogen and oxygen atoms in total. The number of carbonyl (C=O) groups excluding carboxylic acids is 4. The second-order valence-corrected chi connectivity index (χ2v) is 17.7. The molecule has 3 aliphatic rings. The fourth-order valence-corrected chi connectivity index (χ4v) is 9.75. The number of nitrogen functional groups attached to an aromatic ring is 2. The van der Waals surface area contributed by atoms with Crippen LogP contribution in [0.1, 0.15) is 56.3 Å². The first-order chi connectivity index (χ1) is 33.4. The van der Waals surface area contributed by atoms with Crippen molar-refractivity contribution in [3.05, 3.63) is 66.0 Å². The number of carboxylic acid groups (broad SMARTS) is 1.